The molecular formula is C16H18FNO2. The normalized spacial score (nSPS) is 12.1. The minimum absolute atomic E-state index is 0.354. The summed E-state index contributed by atoms with van der Waals surface area (Å²) < 4.78 is 19.5. The van der Waals surface area contributed by atoms with Crippen LogP contribution in [0.5, 0.6) is 5.75 Å². The molecule has 1 atom stereocenters. The zero-order valence-corrected chi connectivity index (χ0v) is 11.8. The van der Waals surface area contributed by atoms with Crippen LogP contribution in [0.3, 0.4) is 0 Å². The lowest BCUT2D eigenvalue weighted by Crippen LogP contribution is -2.15. The Hall–Kier alpha value is -2.07. The van der Waals surface area contributed by atoms with Crippen LogP contribution in [0.2, 0.25) is 0 Å². The van der Waals surface area contributed by atoms with Crippen molar-refractivity contribution >= 4 is 11.4 Å². The molecule has 0 heterocycles. The molecule has 0 aliphatic rings. The number of hydrogen-bond acceptors (Lipinski definition) is 3. The van der Waals surface area contributed by atoms with Crippen molar-refractivity contribution in [2.75, 3.05) is 19.1 Å². The van der Waals surface area contributed by atoms with E-state index in [0.29, 0.717) is 17.0 Å². The highest BCUT2D eigenvalue weighted by Crippen LogP contribution is 2.37. The predicted octanol–water partition coefficient (Wildman–Crippen LogP) is 3.66. The molecule has 106 valence electrons. The second kappa shape index (κ2) is 5.92. The largest absolute Gasteiger partial charge is 0.495 e. The molecule has 20 heavy (non-hydrogen) atoms. The van der Waals surface area contributed by atoms with Gasteiger partial charge in [0.25, 0.3) is 0 Å². The third-order valence-corrected chi connectivity index (χ3v) is 3.25. The first kappa shape index (κ1) is 14.3. The summed E-state index contributed by atoms with van der Waals surface area (Å²) in [7, 11) is 3.33. The predicted molar refractivity (Wildman–Crippen MR) is 78.1 cm³/mol. The Morgan fingerprint density at radius 3 is 2.50 bits per heavy atom. The van der Waals surface area contributed by atoms with Crippen molar-refractivity contribution in [1.82, 2.24) is 0 Å². The maximum atomic E-state index is 14.2. The number of hydrogen-bond donors (Lipinski definition) is 1. The Balaban J connectivity index is 2.56. The number of methoxy groups -OCH3 is 1. The maximum absolute atomic E-state index is 14.2. The summed E-state index contributed by atoms with van der Waals surface area (Å²) in [4.78, 5) is 1.69. The van der Waals surface area contributed by atoms with Crippen LogP contribution < -0.4 is 9.64 Å². The quantitative estimate of drug-likeness (QED) is 0.924. The standard InChI is InChI=1S/C16H18FNO2/c1-11(19)12-7-6-8-13(17)16(12)18(2)14-9-4-5-10-15(14)20-3/h4-11,19H,1-3H3. The van der Waals surface area contributed by atoms with Gasteiger partial charge in [-0.15, -0.1) is 0 Å². The number of aliphatic hydroxyl groups is 1. The van der Waals surface area contributed by atoms with Gasteiger partial charge in [-0.3, -0.25) is 0 Å². The number of aliphatic hydroxyl groups excluding tert-OH is 1. The van der Waals surface area contributed by atoms with Gasteiger partial charge in [0.1, 0.15) is 11.6 Å². The molecule has 4 heteroatoms. The zero-order valence-electron chi connectivity index (χ0n) is 11.8. The van der Waals surface area contributed by atoms with Gasteiger partial charge in [-0.2, -0.15) is 0 Å². The number of anilines is 2. The fourth-order valence-corrected chi connectivity index (χ4v) is 2.25. The van der Waals surface area contributed by atoms with Gasteiger partial charge in [-0.25, -0.2) is 4.39 Å². The van der Waals surface area contributed by atoms with Crippen molar-refractivity contribution < 1.29 is 14.2 Å². The van der Waals surface area contributed by atoms with E-state index in [4.69, 9.17) is 4.74 Å². The summed E-state index contributed by atoms with van der Waals surface area (Å²) in [6.45, 7) is 1.62. The van der Waals surface area contributed by atoms with Gasteiger partial charge in [-0.05, 0) is 25.1 Å². The molecule has 0 bridgehead atoms. The number of halogens is 1. The molecule has 0 aliphatic carbocycles. The zero-order chi connectivity index (χ0) is 14.7. The van der Waals surface area contributed by atoms with Gasteiger partial charge in [-0.1, -0.05) is 24.3 Å². The van der Waals surface area contributed by atoms with Crippen molar-refractivity contribution in [2.45, 2.75) is 13.0 Å². The number of nitrogens with zero attached hydrogens (tertiary/aromatic N) is 1. The van der Waals surface area contributed by atoms with Crippen molar-refractivity contribution in [3.63, 3.8) is 0 Å². The number of rotatable bonds is 4. The third kappa shape index (κ3) is 2.60. The van der Waals surface area contributed by atoms with Crippen LogP contribution >= 0.6 is 0 Å². The second-order valence-corrected chi connectivity index (χ2v) is 4.58. The lowest BCUT2D eigenvalue weighted by molar-refractivity contribution is 0.199. The molecule has 2 aromatic carbocycles. The molecule has 0 radical (unpaired) electrons. The highest BCUT2D eigenvalue weighted by molar-refractivity contribution is 5.71. The van der Waals surface area contributed by atoms with Crippen molar-refractivity contribution in [1.29, 1.82) is 0 Å². The second-order valence-electron chi connectivity index (χ2n) is 4.58. The highest BCUT2D eigenvalue weighted by atomic mass is 19.1. The van der Waals surface area contributed by atoms with Crippen LogP contribution in [-0.4, -0.2) is 19.3 Å². The smallest absolute Gasteiger partial charge is 0.147 e. The molecule has 1 unspecified atom stereocenters. The third-order valence-electron chi connectivity index (χ3n) is 3.25. The fraction of sp³-hybridized carbons (Fsp3) is 0.250. The molecule has 2 rings (SSSR count). The first-order valence-corrected chi connectivity index (χ1v) is 6.39. The first-order valence-electron chi connectivity index (χ1n) is 6.39. The Morgan fingerprint density at radius 2 is 1.85 bits per heavy atom. The molecule has 0 aliphatic heterocycles. The van der Waals surface area contributed by atoms with Crippen LogP contribution in [0.4, 0.5) is 15.8 Å². The van der Waals surface area contributed by atoms with Gasteiger partial charge in [0.05, 0.1) is 24.6 Å². The van der Waals surface area contributed by atoms with E-state index in [0.717, 1.165) is 5.69 Å². The van der Waals surface area contributed by atoms with Crippen LogP contribution in [-0.2, 0) is 0 Å². The Kier molecular flexibility index (Phi) is 4.25. The molecular weight excluding hydrogens is 257 g/mol. The van der Waals surface area contributed by atoms with Gasteiger partial charge in [0.15, 0.2) is 0 Å². The summed E-state index contributed by atoms with van der Waals surface area (Å²) in [5.74, 6) is 0.270. The van der Waals surface area contributed by atoms with E-state index in [1.807, 2.05) is 24.3 Å². The van der Waals surface area contributed by atoms with E-state index in [2.05, 4.69) is 0 Å². The Morgan fingerprint density at radius 1 is 1.15 bits per heavy atom. The first-order chi connectivity index (χ1) is 9.56. The van der Waals surface area contributed by atoms with Crippen LogP contribution in [0.1, 0.15) is 18.6 Å². The van der Waals surface area contributed by atoms with Crippen LogP contribution in [0.15, 0.2) is 42.5 Å². The van der Waals surface area contributed by atoms with E-state index >= 15 is 0 Å². The summed E-state index contributed by atoms with van der Waals surface area (Å²) in [6.07, 6.45) is -0.752. The van der Waals surface area contributed by atoms with Crippen LogP contribution in [0, 0.1) is 5.82 Å². The van der Waals surface area contributed by atoms with Crippen molar-refractivity contribution in [3.05, 3.63) is 53.8 Å². The van der Waals surface area contributed by atoms with E-state index < -0.39 is 6.10 Å². The molecule has 0 aromatic heterocycles. The Bertz CT molecular complexity index is 599. The number of ether oxygens (including phenoxy) is 1. The lowest BCUT2D eigenvalue weighted by Gasteiger charge is -2.25. The lowest BCUT2D eigenvalue weighted by atomic mass is 10.1. The minimum Gasteiger partial charge on any atom is -0.495 e. The highest BCUT2D eigenvalue weighted by Gasteiger charge is 2.19. The maximum Gasteiger partial charge on any atom is 0.147 e. The monoisotopic (exact) mass is 275 g/mol. The molecule has 0 spiro atoms. The topological polar surface area (TPSA) is 32.7 Å². The molecule has 0 saturated carbocycles. The fourth-order valence-electron chi connectivity index (χ4n) is 2.25. The average Bonchev–Trinajstić information content (AvgIpc) is 2.46. The molecule has 0 saturated heterocycles. The number of benzene rings is 2. The van der Waals surface area contributed by atoms with E-state index in [1.54, 1.807) is 38.1 Å². The van der Waals surface area contributed by atoms with E-state index in [9.17, 15) is 9.50 Å². The van der Waals surface area contributed by atoms with E-state index in [1.165, 1.54) is 6.07 Å². The molecule has 2 aromatic rings. The average molecular weight is 275 g/mol. The van der Waals surface area contributed by atoms with Crippen molar-refractivity contribution in [2.24, 2.45) is 0 Å². The summed E-state index contributed by atoms with van der Waals surface area (Å²) in [5, 5.41) is 9.83. The summed E-state index contributed by atoms with van der Waals surface area (Å²) >= 11 is 0. The van der Waals surface area contributed by atoms with Crippen molar-refractivity contribution in [3.8, 4) is 5.75 Å². The molecule has 1 N–H and O–H groups in total. The molecule has 0 fully saturated rings. The summed E-state index contributed by atoms with van der Waals surface area (Å²) in [6, 6.07) is 12.1. The minimum atomic E-state index is -0.752. The van der Waals surface area contributed by atoms with Gasteiger partial charge in [0, 0.05) is 12.6 Å². The van der Waals surface area contributed by atoms with E-state index in [-0.39, 0.29) is 5.82 Å². The van der Waals surface area contributed by atoms with Gasteiger partial charge < -0.3 is 14.7 Å². The molecule has 3 nitrogen and oxygen atoms in total. The number of para-hydroxylation sites is 3. The Labute approximate surface area is 118 Å². The van der Waals surface area contributed by atoms with Gasteiger partial charge >= 0.3 is 0 Å². The van der Waals surface area contributed by atoms with Crippen LogP contribution in [0.25, 0.3) is 0 Å². The SMILES string of the molecule is COc1ccccc1N(C)c1c(F)cccc1C(C)O. The molecule has 0 amide bonds. The van der Waals surface area contributed by atoms with Gasteiger partial charge in [0.2, 0.25) is 0 Å². The summed E-state index contributed by atoms with van der Waals surface area (Å²) in [5.41, 5.74) is 1.63.